The molecule has 6 rings (SSSR count). The summed E-state index contributed by atoms with van der Waals surface area (Å²) in [6.07, 6.45) is 4.91. The molecule has 0 radical (unpaired) electrons. The number of aromatic amines is 1. The van der Waals surface area contributed by atoms with Crippen molar-refractivity contribution >= 4 is 35.4 Å². The zero-order valence-electron chi connectivity index (χ0n) is 27.2. The Morgan fingerprint density at radius 2 is 1.88 bits per heavy atom. The van der Waals surface area contributed by atoms with Gasteiger partial charge in [-0.15, -0.1) is 0 Å². The van der Waals surface area contributed by atoms with Crippen molar-refractivity contribution in [2.45, 2.75) is 45.3 Å². The number of alkyl halides is 2. The molecule has 1 aliphatic heterocycles. The van der Waals surface area contributed by atoms with Crippen LogP contribution >= 0.6 is 11.6 Å². The van der Waals surface area contributed by atoms with E-state index in [1.165, 1.54) is 29.8 Å². The minimum absolute atomic E-state index is 0.212. The van der Waals surface area contributed by atoms with Crippen LogP contribution in [0.25, 0.3) is 22.5 Å². The lowest BCUT2D eigenvalue weighted by Gasteiger charge is -2.35. The molecule has 1 aliphatic rings. The highest BCUT2D eigenvalue weighted by molar-refractivity contribution is 6.33. The molecular formula is C34H33ClF2N10O3. The summed E-state index contributed by atoms with van der Waals surface area (Å²) in [6, 6.07) is 15.9. The third-order valence-electron chi connectivity index (χ3n) is 8.09. The average molecular weight is 703 g/mol. The van der Waals surface area contributed by atoms with Crippen LogP contribution < -0.4 is 10.6 Å². The molecule has 3 aromatic heterocycles. The maximum atomic E-state index is 14.9. The highest BCUT2D eigenvalue weighted by atomic mass is 35.5. The molecule has 0 bridgehead atoms. The number of carbonyl (C=O) groups is 2. The number of carbonyl (C=O) groups excluding carboxylic acids is 2. The molecule has 2 aromatic carbocycles. The number of halogens is 3. The summed E-state index contributed by atoms with van der Waals surface area (Å²) in [4.78, 5) is 37.4. The Morgan fingerprint density at radius 3 is 2.52 bits per heavy atom. The van der Waals surface area contributed by atoms with Crippen molar-refractivity contribution in [2.24, 2.45) is 5.41 Å². The van der Waals surface area contributed by atoms with Crippen LogP contribution in [0.15, 0.2) is 85.6 Å². The first-order chi connectivity index (χ1) is 23.8. The van der Waals surface area contributed by atoms with E-state index < -0.39 is 35.5 Å². The molecular weight excluding hydrogens is 670 g/mol. The molecule has 258 valence electrons. The molecule has 2 atom stereocenters. The fraction of sp³-hybridized carbons (Fsp3) is 0.265. The van der Waals surface area contributed by atoms with Crippen molar-refractivity contribution in [2.75, 3.05) is 11.9 Å². The van der Waals surface area contributed by atoms with Gasteiger partial charge in [-0.05, 0) is 52.8 Å². The summed E-state index contributed by atoms with van der Waals surface area (Å²) < 4.78 is 32.6. The molecule has 4 N–H and O–H groups in total. The number of H-pyrrole nitrogens is 1. The summed E-state index contributed by atoms with van der Waals surface area (Å²) in [7, 11) is 0. The molecule has 0 aliphatic carbocycles. The molecule has 1 saturated heterocycles. The molecule has 13 nitrogen and oxygen atoms in total. The number of nitrogens with zero attached hydrogens (tertiary/aromatic N) is 6. The van der Waals surface area contributed by atoms with Crippen LogP contribution in [0.1, 0.15) is 50.9 Å². The lowest BCUT2D eigenvalue weighted by atomic mass is 9.75. The second-order valence-corrected chi connectivity index (χ2v) is 13.3. The van der Waals surface area contributed by atoms with E-state index in [4.69, 9.17) is 21.7 Å². The quantitative estimate of drug-likeness (QED) is 0.124. The van der Waals surface area contributed by atoms with E-state index in [2.05, 4.69) is 35.9 Å². The Bertz CT molecular complexity index is 2000. The van der Waals surface area contributed by atoms with Gasteiger partial charge in [0.15, 0.2) is 11.8 Å². The number of ether oxygens (including phenoxy) is 1. The van der Waals surface area contributed by atoms with E-state index in [1.807, 2.05) is 20.8 Å². The van der Waals surface area contributed by atoms with Gasteiger partial charge in [0.05, 0.1) is 17.3 Å². The highest BCUT2D eigenvalue weighted by Gasteiger charge is 2.54. The van der Waals surface area contributed by atoms with Crippen LogP contribution in [0.2, 0.25) is 5.02 Å². The summed E-state index contributed by atoms with van der Waals surface area (Å²) in [5.74, 6) is -0.0114. The Morgan fingerprint density at radius 1 is 1.10 bits per heavy atom. The lowest BCUT2D eigenvalue weighted by molar-refractivity contribution is -0.134. The van der Waals surface area contributed by atoms with Gasteiger partial charge in [0, 0.05) is 23.5 Å². The zero-order chi connectivity index (χ0) is 35.6. The minimum Gasteiger partial charge on any atom is -0.447 e. The number of hydrogen-bond acceptors (Lipinski definition) is 8. The number of guanidine groups is 1. The minimum atomic E-state index is -2.78. The summed E-state index contributed by atoms with van der Waals surface area (Å²) in [5, 5.41) is 25.7. The molecule has 0 saturated carbocycles. The van der Waals surface area contributed by atoms with Gasteiger partial charge in [-0.3, -0.25) is 25.5 Å². The summed E-state index contributed by atoms with van der Waals surface area (Å²) in [5.41, 5.74) is 0.830. The van der Waals surface area contributed by atoms with Gasteiger partial charge in [0.2, 0.25) is 0 Å². The second kappa shape index (κ2) is 13.7. The molecule has 1 fully saturated rings. The lowest BCUT2D eigenvalue weighted by Crippen LogP contribution is -2.47. The largest absolute Gasteiger partial charge is 0.447 e. The van der Waals surface area contributed by atoms with Gasteiger partial charge < -0.3 is 10.1 Å². The van der Waals surface area contributed by atoms with Crippen molar-refractivity contribution in [1.82, 2.24) is 40.2 Å². The standard InChI is InChI=1S/C34H33ClF2N10O3/c1-33(2,3)18-34(23-10-7-20(8-11-23)22-15-42-46(16-22)30(36)37)29(48)47(31(38)44-34)26(17-50-32(49)43-27-6-4-5-13-39-27)21-9-12-25(35)24(14-21)28-40-19-41-45-28/h4-16,19,26,30H,17-18H2,1-3H3,(H2,38,44)(H,39,43,49)(H,40,41,45)/t26-,34-/m1/s1. The average Bonchev–Trinajstić information content (AvgIpc) is 3.84. The number of nitrogens with one attached hydrogen (secondary N) is 4. The SMILES string of the molecule is CC(C)(C)C[C@]1(c2ccc(-c3cnn(C(F)F)c3)cc2)NC(=N)N([C@H](COC(=O)Nc2ccccn2)c2ccc(Cl)c(-c3ncn[nH]3)c2)C1=O. The van der Waals surface area contributed by atoms with Gasteiger partial charge in [-0.25, -0.2) is 19.4 Å². The molecule has 4 heterocycles. The molecule has 0 spiro atoms. The van der Waals surface area contributed by atoms with Crippen molar-refractivity contribution < 1.29 is 23.1 Å². The maximum Gasteiger partial charge on any atom is 0.412 e. The van der Waals surface area contributed by atoms with E-state index in [1.54, 1.807) is 60.7 Å². The molecule has 2 amide bonds. The number of hydrogen-bond donors (Lipinski definition) is 4. The fourth-order valence-electron chi connectivity index (χ4n) is 5.99. The van der Waals surface area contributed by atoms with Crippen molar-refractivity contribution in [3.8, 4) is 22.5 Å². The molecule has 16 heteroatoms. The Hall–Kier alpha value is -5.70. The van der Waals surface area contributed by atoms with E-state index >= 15 is 0 Å². The van der Waals surface area contributed by atoms with E-state index in [9.17, 15) is 18.4 Å². The first-order valence-electron chi connectivity index (χ1n) is 15.5. The predicted octanol–water partition coefficient (Wildman–Crippen LogP) is 6.77. The van der Waals surface area contributed by atoms with Crippen molar-refractivity contribution in [1.29, 1.82) is 5.41 Å². The van der Waals surface area contributed by atoms with Crippen molar-refractivity contribution in [3.63, 3.8) is 0 Å². The normalized spacial score (nSPS) is 16.8. The van der Waals surface area contributed by atoms with Gasteiger partial charge in [-0.1, -0.05) is 68.8 Å². The number of pyridine rings is 1. The smallest absolute Gasteiger partial charge is 0.412 e. The Labute approximate surface area is 290 Å². The third kappa shape index (κ3) is 7.03. The van der Waals surface area contributed by atoms with E-state index in [-0.39, 0.29) is 24.8 Å². The van der Waals surface area contributed by atoms with Gasteiger partial charge in [0.25, 0.3) is 5.91 Å². The maximum absolute atomic E-state index is 14.9. The van der Waals surface area contributed by atoms with E-state index in [0.717, 1.165) is 0 Å². The van der Waals surface area contributed by atoms with Crippen LogP contribution in [0.3, 0.4) is 0 Å². The van der Waals surface area contributed by atoms with Crippen LogP contribution in [0.4, 0.5) is 19.4 Å². The van der Waals surface area contributed by atoms with Crippen LogP contribution in [0.5, 0.6) is 0 Å². The van der Waals surface area contributed by atoms with Crippen LogP contribution in [0, 0.1) is 10.8 Å². The molecule has 50 heavy (non-hydrogen) atoms. The number of amides is 2. The fourth-order valence-corrected chi connectivity index (χ4v) is 6.20. The predicted molar refractivity (Wildman–Crippen MR) is 181 cm³/mol. The Kier molecular flexibility index (Phi) is 9.34. The highest BCUT2D eigenvalue weighted by Crippen LogP contribution is 2.43. The summed E-state index contributed by atoms with van der Waals surface area (Å²) >= 11 is 6.53. The number of rotatable bonds is 10. The second-order valence-electron chi connectivity index (χ2n) is 12.9. The summed E-state index contributed by atoms with van der Waals surface area (Å²) in [6.45, 7) is 2.82. The van der Waals surface area contributed by atoms with E-state index in [0.29, 0.717) is 43.3 Å². The number of benzene rings is 2. The molecule has 0 unspecified atom stereocenters. The first kappa shape index (κ1) is 34.2. The first-order valence-corrected chi connectivity index (χ1v) is 15.9. The van der Waals surface area contributed by atoms with Gasteiger partial charge in [0.1, 0.15) is 24.3 Å². The van der Waals surface area contributed by atoms with Gasteiger partial charge >= 0.3 is 12.6 Å². The zero-order valence-corrected chi connectivity index (χ0v) is 27.9. The van der Waals surface area contributed by atoms with Gasteiger partial charge in [-0.2, -0.15) is 19.0 Å². The monoisotopic (exact) mass is 702 g/mol. The number of anilines is 1. The van der Waals surface area contributed by atoms with Crippen molar-refractivity contribution in [3.05, 3.63) is 102 Å². The molecule has 5 aromatic rings. The Balaban J connectivity index is 1.38. The third-order valence-corrected chi connectivity index (χ3v) is 8.42. The van der Waals surface area contributed by atoms with Crippen LogP contribution in [-0.4, -0.2) is 59.4 Å². The topological polar surface area (TPSA) is 167 Å². The number of aromatic nitrogens is 6. The van der Waals surface area contributed by atoms with Crippen LogP contribution in [-0.2, 0) is 15.1 Å².